The highest BCUT2D eigenvalue weighted by molar-refractivity contribution is 5.81. The van der Waals surface area contributed by atoms with Gasteiger partial charge in [-0.15, -0.1) is 0 Å². The third kappa shape index (κ3) is 2.65. The first-order valence-electron chi connectivity index (χ1n) is 3.12. The number of nitrogens with two attached hydrogens (primary N) is 1. The predicted molar refractivity (Wildman–Crippen MR) is 33.9 cm³/mol. The van der Waals surface area contributed by atoms with E-state index in [2.05, 4.69) is 5.10 Å². The van der Waals surface area contributed by atoms with Crippen LogP contribution in [0, 0.1) is 0 Å². The quantitative estimate of drug-likeness (QED) is 0.618. The molecule has 0 unspecified atom stereocenters. The first-order chi connectivity index (χ1) is 4.97. The molecule has 3 nitrogen and oxygen atoms in total. The van der Waals surface area contributed by atoms with Gasteiger partial charge in [0, 0.05) is 13.0 Å². The zero-order chi connectivity index (χ0) is 8.48. The summed E-state index contributed by atoms with van der Waals surface area (Å²) < 4.78 is 35.0. The fraction of sp³-hybridized carbons (Fsp3) is 0.800. The molecule has 0 bridgehead atoms. The summed E-state index contributed by atoms with van der Waals surface area (Å²) in [5.41, 5.74) is 5.18. The standard InChI is InChI=1S/C5H8F3N3/c6-5(7,8)3-11-2-1-4(9)10-11/h1-3H2,(H2,9,10). The molecule has 0 amide bonds. The van der Waals surface area contributed by atoms with Gasteiger partial charge in [-0.3, -0.25) is 5.01 Å². The molecule has 1 aliphatic rings. The topological polar surface area (TPSA) is 41.6 Å². The van der Waals surface area contributed by atoms with Crippen LogP contribution in [0.2, 0.25) is 0 Å². The molecule has 0 saturated heterocycles. The van der Waals surface area contributed by atoms with E-state index < -0.39 is 12.7 Å². The second kappa shape index (κ2) is 2.60. The van der Waals surface area contributed by atoms with E-state index in [-0.39, 0.29) is 12.4 Å². The van der Waals surface area contributed by atoms with Crippen LogP contribution in [-0.4, -0.2) is 30.1 Å². The number of halogens is 3. The summed E-state index contributed by atoms with van der Waals surface area (Å²) in [4.78, 5) is 0. The summed E-state index contributed by atoms with van der Waals surface area (Å²) in [6, 6.07) is 0. The lowest BCUT2D eigenvalue weighted by Gasteiger charge is -2.14. The largest absolute Gasteiger partial charge is 0.407 e. The fourth-order valence-electron chi connectivity index (χ4n) is 0.847. The molecule has 0 aliphatic carbocycles. The lowest BCUT2D eigenvalue weighted by Crippen LogP contribution is -2.28. The minimum atomic E-state index is -4.19. The van der Waals surface area contributed by atoms with Crippen LogP contribution in [0.1, 0.15) is 6.42 Å². The zero-order valence-corrected chi connectivity index (χ0v) is 5.73. The van der Waals surface area contributed by atoms with E-state index in [1.165, 1.54) is 0 Å². The molecule has 64 valence electrons. The van der Waals surface area contributed by atoms with Crippen LogP contribution >= 0.6 is 0 Å². The molecule has 2 N–H and O–H groups in total. The smallest absolute Gasteiger partial charge is 0.386 e. The van der Waals surface area contributed by atoms with Crippen molar-refractivity contribution in [3.8, 4) is 0 Å². The van der Waals surface area contributed by atoms with Gasteiger partial charge in [0.05, 0.1) is 0 Å². The average Bonchev–Trinajstić information content (AvgIpc) is 2.10. The van der Waals surface area contributed by atoms with E-state index in [0.29, 0.717) is 6.42 Å². The number of amidine groups is 1. The van der Waals surface area contributed by atoms with E-state index in [1.807, 2.05) is 0 Å². The maximum atomic E-state index is 11.7. The Bertz CT molecular complexity index is 174. The fourth-order valence-corrected chi connectivity index (χ4v) is 0.847. The van der Waals surface area contributed by atoms with Crippen LogP contribution < -0.4 is 5.73 Å². The summed E-state index contributed by atoms with van der Waals surface area (Å²) in [7, 11) is 0. The summed E-state index contributed by atoms with van der Waals surface area (Å²) in [5, 5.41) is 4.41. The van der Waals surface area contributed by atoms with E-state index in [4.69, 9.17) is 5.73 Å². The number of alkyl halides is 3. The van der Waals surface area contributed by atoms with Gasteiger partial charge in [0.1, 0.15) is 12.4 Å². The van der Waals surface area contributed by atoms with Gasteiger partial charge in [-0.05, 0) is 0 Å². The van der Waals surface area contributed by atoms with Gasteiger partial charge >= 0.3 is 6.18 Å². The van der Waals surface area contributed by atoms with E-state index >= 15 is 0 Å². The molecule has 0 aromatic heterocycles. The third-order valence-electron chi connectivity index (χ3n) is 1.26. The number of hydrogen-bond acceptors (Lipinski definition) is 3. The predicted octanol–water partition coefficient (Wildman–Crippen LogP) is 0.527. The molecule has 0 atom stereocenters. The van der Waals surface area contributed by atoms with Gasteiger partial charge in [-0.25, -0.2) is 0 Å². The molecule has 1 heterocycles. The normalized spacial score (nSPS) is 18.8. The molecule has 6 heteroatoms. The molecule has 11 heavy (non-hydrogen) atoms. The van der Waals surface area contributed by atoms with E-state index in [0.717, 1.165) is 5.01 Å². The Morgan fingerprint density at radius 3 is 2.55 bits per heavy atom. The van der Waals surface area contributed by atoms with Crippen molar-refractivity contribution in [1.82, 2.24) is 5.01 Å². The zero-order valence-electron chi connectivity index (χ0n) is 5.73. The SMILES string of the molecule is NC1=NN(CC(F)(F)F)CC1. The first kappa shape index (κ1) is 8.16. The van der Waals surface area contributed by atoms with Gasteiger partial charge in [0.2, 0.25) is 0 Å². The molecule has 0 aromatic carbocycles. The van der Waals surface area contributed by atoms with Crippen molar-refractivity contribution in [2.75, 3.05) is 13.1 Å². The Morgan fingerprint density at radius 1 is 1.55 bits per heavy atom. The summed E-state index contributed by atoms with van der Waals surface area (Å²) >= 11 is 0. The Balaban J connectivity index is 2.40. The Morgan fingerprint density at radius 2 is 2.18 bits per heavy atom. The van der Waals surface area contributed by atoms with Crippen LogP contribution in [0.15, 0.2) is 5.10 Å². The van der Waals surface area contributed by atoms with E-state index in [1.54, 1.807) is 0 Å². The second-order valence-electron chi connectivity index (χ2n) is 2.34. The first-order valence-corrected chi connectivity index (χ1v) is 3.12. The van der Waals surface area contributed by atoms with Gasteiger partial charge in [-0.2, -0.15) is 18.3 Å². The van der Waals surface area contributed by atoms with E-state index in [9.17, 15) is 13.2 Å². The maximum Gasteiger partial charge on any atom is 0.407 e. The monoisotopic (exact) mass is 167 g/mol. The summed E-state index contributed by atoms with van der Waals surface area (Å²) in [5.74, 6) is 0.272. The minimum Gasteiger partial charge on any atom is -0.386 e. The van der Waals surface area contributed by atoms with Crippen LogP contribution in [0.5, 0.6) is 0 Å². The second-order valence-corrected chi connectivity index (χ2v) is 2.34. The van der Waals surface area contributed by atoms with Crippen molar-refractivity contribution in [2.45, 2.75) is 12.6 Å². The van der Waals surface area contributed by atoms with Crippen LogP contribution in [0.3, 0.4) is 0 Å². The third-order valence-corrected chi connectivity index (χ3v) is 1.26. The van der Waals surface area contributed by atoms with Gasteiger partial charge in [-0.1, -0.05) is 0 Å². The Hall–Kier alpha value is -0.940. The van der Waals surface area contributed by atoms with Crippen molar-refractivity contribution in [3.63, 3.8) is 0 Å². The van der Waals surface area contributed by atoms with Gasteiger partial charge < -0.3 is 5.73 Å². The number of hydrogen-bond donors (Lipinski definition) is 1. The van der Waals surface area contributed by atoms with Crippen LogP contribution in [0.4, 0.5) is 13.2 Å². The molecular formula is C5H8F3N3. The molecular weight excluding hydrogens is 159 g/mol. The number of nitrogens with zero attached hydrogens (tertiary/aromatic N) is 2. The molecule has 1 rings (SSSR count). The lowest BCUT2D eigenvalue weighted by molar-refractivity contribution is -0.144. The summed E-state index contributed by atoms with van der Waals surface area (Å²) in [6.45, 7) is -0.737. The summed E-state index contributed by atoms with van der Waals surface area (Å²) in [6.07, 6.45) is -3.76. The molecule has 0 aromatic rings. The van der Waals surface area contributed by atoms with Crippen molar-refractivity contribution < 1.29 is 13.2 Å². The average molecular weight is 167 g/mol. The maximum absolute atomic E-state index is 11.7. The van der Waals surface area contributed by atoms with Crippen molar-refractivity contribution >= 4 is 5.84 Å². The Kier molecular flexibility index (Phi) is 1.92. The number of hydrazone groups is 1. The Labute approximate surface area is 61.7 Å². The number of rotatable bonds is 1. The minimum absolute atomic E-state index is 0.269. The van der Waals surface area contributed by atoms with Crippen LogP contribution in [0.25, 0.3) is 0 Å². The highest BCUT2D eigenvalue weighted by Gasteiger charge is 2.31. The van der Waals surface area contributed by atoms with Crippen molar-refractivity contribution in [2.24, 2.45) is 10.8 Å². The van der Waals surface area contributed by atoms with Gasteiger partial charge in [0.15, 0.2) is 0 Å². The molecule has 0 spiro atoms. The lowest BCUT2D eigenvalue weighted by atomic mass is 10.4. The van der Waals surface area contributed by atoms with Crippen molar-refractivity contribution in [3.05, 3.63) is 0 Å². The molecule has 0 saturated carbocycles. The molecule has 0 radical (unpaired) electrons. The van der Waals surface area contributed by atoms with Crippen molar-refractivity contribution in [1.29, 1.82) is 0 Å². The van der Waals surface area contributed by atoms with Crippen LogP contribution in [-0.2, 0) is 0 Å². The molecule has 0 fully saturated rings. The highest BCUT2D eigenvalue weighted by Crippen LogP contribution is 2.18. The molecule has 1 aliphatic heterocycles. The highest BCUT2D eigenvalue weighted by atomic mass is 19.4. The van der Waals surface area contributed by atoms with Gasteiger partial charge in [0.25, 0.3) is 0 Å².